The first-order chi connectivity index (χ1) is 10.8. The molecule has 130 valence electrons. The van der Waals surface area contributed by atoms with E-state index in [1.54, 1.807) is 6.92 Å². The fourth-order valence-electron chi connectivity index (χ4n) is 1.02. The summed E-state index contributed by atoms with van der Waals surface area (Å²) in [6, 6.07) is 0. The maximum atomic E-state index is 10.9. The Morgan fingerprint density at radius 1 is 1.26 bits per heavy atom. The van der Waals surface area contributed by atoms with Crippen LogP contribution in [0, 0.1) is 0 Å². The van der Waals surface area contributed by atoms with E-state index in [0.29, 0.717) is 12.2 Å². The smallest absolute Gasteiger partial charge is 0.333 e. The summed E-state index contributed by atoms with van der Waals surface area (Å²) in [5, 5.41) is 13.4. The highest BCUT2D eigenvalue weighted by molar-refractivity contribution is 5.88. The monoisotopic (exact) mass is 326 g/mol. The molecule has 0 fully saturated rings. The van der Waals surface area contributed by atoms with Gasteiger partial charge in [-0.1, -0.05) is 26.5 Å². The fraction of sp³-hybridized carbons (Fsp3) is 0.438. The minimum absolute atomic E-state index is 0.308. The molecule has 0 aromatic carbocycles. The molecular formula is C16H26N2O5. The van der Waals surface area contributed by atoms with Gasteiger partial charge in [-0.3, -0.25) is 4.79 Å². The van der Waals surface area contributed by atoms with E-state index in [1.807, 2.05) is 0 Å². The van der Waals surface area contributed by atoms with Crippen LogP contribution >= 0.6 is 0 Å². The number of hydrogen-bond donors (Lipinski definition) is 3. The van der Waals surface area contributed by atoms with Crippen molar-refractivity contribution in [1.29, 1.82) is 0 Å². The number of amides is 1. The molecule has 0 aromatic rings. The minimum atomic E-state index is -1.11. The molecule has 7 nitrogen and oxygen atoms in total. The van der Waals surface area contributed by atoms with Crippen LogP contribution in [-0.2, 0) is 19.1 Å². The molecule has 3 N–H and O–H groups in total. The Balaban J connectivity index is 0. The lowest BCUT2D eigenvalue weighted by Crippen LogP contribution is -2.22. The SMILES string of the molecule is C=C(C)C(=O)OCCNCCCC.C=CC(=O)NC=CC(=O)O. The largest absolute Gasteiger partial charge is 0.478 e. The van der Waals surface area contributed by atoms with Crippen molar-refractivity contribution >= 4 is 17.8 Å². The van der Waals surface area contributed by atoms with Gasteiger partial charge in [0.05, 0.1) is 0 Å². The van der Waals surface area contributed by atoms with E-state index in [1.165, 1.54) is 6.42 Å². The topological polar surface area (TPSA) is 105 Å². The highest BCUT2D eigenvalue weighted by Gasteiger charge is 2.00. The summed E-state index contributed by atoms with van der Waals surface area (Å²) in [7, 11) is 0. The molecule has 0 saturated heterocycles. The Bertz CT molecular complexity index is 430. The first kappa shape index (κ1) is 22.9. The zero-order valence-corrected chi connectivity index (χ0v) is 13.8. The molecule has 0 bridgehead atoms. The van der Waals surface area contributed by atoms with Gasteiger partial charge in [-0.2, -0.15) is 0 Å². The number of hydrogen-bond acceptors (Lipinski definition) is 5. The van der Waals surface area contributed by atoms with E-state index in [9.17, 15) is 14.4 Å². The maximum Gasteiger partial charge on any atom is 0.333 e. The lowest BCUT2D eigenvalue weighted by Gasteiger charge is -2.05. The van der Waals surface area contributed by atoms with Gasteiger partial charge in [-0.05, 0) is 26.0 Å². The number of carboxylic acids is 1. The second-order valence-electron chi connectivity index (χ2n) is 4.40. The van der Waals surface area contributed by atoms with E-state index in [0.717, 1.165) is 37.9 Å². The zero-order valence-electron chi connectivity index (χ0n) is 13.8. The molecular weight excluding hydrogens is 300 g/mol. The summed E-state index contributed by atoms with van der Waals surface area (Å²) in [6.07, 6.45) is 5.24. The quantitative estimate of drug-likeness (QED) is 0.318. The summed E-state index contributed by atoms with van der Waals surface area (Å²) >= 11 is 0. The third kappa shape index (κ3) is 19.6. The van der Waals surface area contributed by atoms with Crippen molar-refractivity contribution in [3.05, 3.63) is 37.1 Å². The predicted molar refractivity (Wildman–Crippen MR) is 88.7 cm³/mol. The van der Waals surface area contributed by atoms with Crippen molar-refractivity contribution in [3.63, 3.8) is 0 Å². The van der Waals surface area contributed by atoms with Crippen LogP contribution in [0.2, 0.25) is 0 Å². The van der Waals surface area contributed by atoms with Gasteiger partial charge < -0.3 is 20.5 Å². The van der Waals surface area contributed by atoms with Crippen LogP contribution in [0.5, 0.6) is 0 Å². The average molecular weight is 326 g/mol. The van der Waals surface area contributed by atoms with Gasteiger partial charge in [0.15, 0.2) is 0 Å². The molecule has 0 aliphatic heterocycles. The molecule has 0 spiro atoms. The van der Waals surface area contributed by atoms with Crippen LogP contribution in [0.3, 0.4) is 0 Å². The van der Waals surface area contributed by atoms with Gasteiger partial charge >= 0.3 is 11.9 Å². The van der Waals surface area contributed by atoms with Gasteiger partial charge in [0.25, 0.3) is 0 Å². The number of aliphatic carboxylic acids is 1. The number of ether oxygens (including phenoxy) is 1. The van der Waals surface area contributed by atoms with Gasteiger partial charge in [0, 0.05) is 24.4 Å². The Morgan fingerprint density at radius 3 is 2.39 bits per heavy atom. The van der Waals surface area contributed by atoms with Crippen molar-refractivity contribution in [2.24, 2.45) is 0 Å². The molecule has 0 aliphatic rings. The molecule has 0 unspecified atom stereocenters. The fourth-order valence-corrected chi connectivity index (χ4v) is 1.02. The van der Waals surface area contributed by atoms with Crippen molar-refractivity contribution in [2.45, 2.75) is 26.7 Å². The second kappa shape index (κ2) is 16.0. The van der Waals surface area contributed by atoms with Crippen LogP contribution in [0.1, 0.15) is 26.7 Å². The van der Waals surface area contributed by atoms with Gasteiger partial charge in [-0.25, -0.2) is 9.59 Å². The average Bonchev–Trinajstić information content (AvgIpc) is 2.50. The number of carboxylic acid groups (broad SMARTS) is 1. The molecule has 0 radical (unpaired) electrons. The van der Waals surface area contributed by atoms with E-state index in [2.05, 4.69) is 30.7 Å². The summed E-state index contributed by atoms with van der Waals surface area (Å²) < 4.78 is 4.88. The number of carbonyl (C=O) groups is 3. The van der Waals surface area contributed by atoms with Crippen LogP contribution in [-0.4, -0.2) is 42.6 Å². The van der Waals surface area contributed by atoms with Gasteiger partial charge in [0.1, 0.15) is 6.61 Å². The van der Waals surface area contributed by atoms with Crippen molar-refractivity contribution in [3.8, 4) is 0 Å². The highest BCUT2D eigenvalue weighted by Crippen LogP contribution is 1.90. The molecule has 0 aromatic heterocycles. The molecule has 0 rings (SSSR count). The van der Waals surface area contributed by atoms with Crippen LogP contribution in [0.4, 0.5) is 0 Å². The lowest BCUT2D eigenvalue weighted by molar-refractivity contribution is -0.138. The van der Waals surface area contributed by atoms with Crippen LogP contribution in [0.25, 0.3) is 0 Å². The Hall–Kier alpha value is -2.41. The number of rotatable bonds is 10. The molecule has 0 heterocycles. The summed E-state index contributed by atoms with van der Waals surface area (Å²) in [6.45, 7) is 12.6. The Labute approximate surface area is 137 Å². The van der Waals surface area contributed by atoms with Crippen molar-refractivity contribution in [2.75, 3.05) is 19.7 Å². The summed E-state index contributed by atoms with van der Waals surface area (Å²) in [5.74, 6) is -1.85. The van der Waals surface area contributed by atoms with E-state index >= 15 is 0 Å². The molecule has 0 atom stereocenters. The molecule has 0 aliphatic carbocycles. The third-order valence-electron chi connectivity index (χ3n) is 2.20. The van der Waals surface area contributed by atoms with Gasteiger partial charge in [-0.15, -0.1) is 0 Å². The van der Waals surface area contributed by atoms with Crippen molar-refractivity contribution < 1.29 is 24.2 Å². The van der Waals surface area contributed by atoms with Crippen LogP contribution < -0.4 is 10.6 Å². The zero-order chi connectivity index (χ0) is 18.1. The summed E-state index contributed by atoms with van der Waals surface area (Å²) in [4.78, 5) is 31.0. The molecule has 1 amide bonds. The number of esters is 1. The molecule has 0 saturated carbocycles. The number of unbranched alkanes of at least 4 members (excludes halogenated alkanes) is 1. The number of nitrogens with one attached hydrogen (secondary N) is 2. The normalized spacial score (nSPS) is 9.48. The highest BCUT2D eigenvalue weighted by atomic mass is 16.5. The molecule has 23 heavy (non-hydrogen) atoms. The number of carbonyl (C=O) groups excluding carboxylic acids is 2. The third-order valence-corrected chi connectivity index (χ3v) is 2.20. The second-order valence-corrected chi connectivity index (χ2v) is 4.40. The van der Waals surface area contributed by atoms with E-state index in [4.69, 9.17) is 9.84 Å². The van der Waals surface area contributed by atoms with Crippen molar-refractivity contribution in [1.82, 2.24) is 10.6 Å². The van der Waals surface area contributed by atoms with E-state index in [-0.39, 0.29) is 5.97 Å². The standard InChI is InChI=1S/C10H19NO2.C6H7NO3/c1-4-5-6-11-7-8-13-10(12)9(2)3;1-2-5(8)7-4-3-6(9)10/h11H,2,4-8H2,1,3H3;2-4H,1H2,(H,7,8)(H,9,10). The predicted octanol–water partition coefficient (Wildman–Crippen LogP) is 1.38. The first-order valence-electron chi connectivity index (χ1n) is 7.20. The molecule has 7 heteroatoms. The van der Waals surface area contributed by atoms with Gasteiger partial charge in [0.2, 0.25) is 5.91 Å². The van der Waals surface area contributed by atoms with E-state index < -0.39 is 11.9 Å². The Morgan fingerprint density at radius 2 is 1.91 bits per heavy atom. The summed E-state index contributed by atoms with van der Waals surface area (Å²) in [5.41, 5.74) is 0.452. The first-order valence-corrected chi connectivity index (χ1v) is 7.20. The maximum absolute atomic E-state index is 10.9. The Kier molecular flexibility index (Phi) is 15.9. The lowest BCUT2D eigenvalue weighted by atomic mass is 10.3. The minimum Gasteiger partial charge on any atom is -0.478 e. The van der Waals surface area contributed by atoms with Crippen LogP contribution in [0.15, 0.2) is 37.1 Å².